The molecule has 11 heteroatoms. The van der Waals surface area contributed by atoms with Crippen LogP contribution in [0.2, 0.25) is 0 Å². The van der Waals surface area contributed by atoms with Gasteiger partial charge in [0.2, 0.25) is 5.95 Å². The number of carbonyl (C=O) groups is 1. The number of piperazine rings is 1. The maximum absolute atomic E-state index is 14.6. The van der Waals surface area contributed by atoms with Gasteiger partial charge in [-0.15, -0.1) is 0 Å². The summed E-state index contributed by atoms with van der Waals surface area (Å²) in [5, 5.41) is 0. The van der Waals surface area contributed by atoms with Crippen molar-refractivity contribution in [1.29, 1.82) is 0 Å². The molecule has 4 rings (SSSR count). The van der Waals surface area contributed by atoms with Crippen LogP contribution in [0.5, 0.6) is 0 Å². The summed E-state index contributed by atoms with van der Waals surface area (Å²) in [7, 11) is 0. The van der Waals surface area contributed by atoms with Gasteiger partial charge in [0.15, 0.2) is 0 Å². The molecule has 0 saturated carbocycles. The van der Waals surface area contributed by atoms with Crippen molar-refractivity contribution >= 4 is 40.8 Å². The summed E-state index contributed by atoms with van der Waals surface area (Å²) < 4.78 is 40.9. The minimum Gasteiger partial charge on any atom is -0.442 e. The zero-order valence-corrected chi connectivity index (χ0v) is 22.7. The van der Waals surface area contributed by atoms with Crippen LogP contribution in [0.4, 0.5) is 19.5 Å². The average Bonchev–Trinajstić information content (AvgIpc) is 2.84. The van der Waals surface area contributed by atoms with Gasteiger partial charge in [0, 0.05) is 65.9 Å². The van der Waals surface area contributed by atoms with Crippen molar-refractivity contribution in [3.05, 3.63) is 51.4 Å². The lowest BCUT2D eigenvalue weighted by Gasteiger charge is -2.43. The largest absolute Gasteiger partial charge is 0.442 e. The van der Waals surface area contributed by atoms with Crippen LogP contribution in [0, 0.1) is 21.1 Å². The number of nitrogens with zero attached hydrogens (tertiary/aromatic N) is 5. The van der Waals surface area contributed by atoms with Gasteiger partial charge in [-0.2, -0.15) is 4.99 Å². The summed E-state index contributed by atoms with van der Waals surface area (Å²) in [5.41, 5.74) is -0.566. The van der Waals surface area contributed by atoms with Crippen LogP contribution >= 0.6 is 22.6 Å². The van der Waals surface area contributed by atoms with Crippen LogP contribution < -0.4 is 4.90 Å². The van der Waals surface area contributed by atoms with Crippen LogP contribution in [0.15, 0.2) is 35.6 Å². The molecule has 0 N–H and O–H groups in total. The van der Waals surface area contributed by atoms with Crippen molar-refractivity contribution in [3.63, 3.8) is 0 Å². The maximum Gasteiger partial charge on any atom is 0.433 e. The lowest BCUT2D eigenvalue weighted by Crippen LogP contribution is -2.54. The number of ether oxygens (including phenoxy) is 2. The van der Waals surface area contributed by atoms with Gasteiger partial charge in [-0.1, -0.05) is 0 Å². The van der Waals surface area contributed by atoms with Gasteiger partial charge in [-0.25, -0.2) is 23.5 Å². The topological polar surface area (TPSA) is 80.2 Å². The number of aromatic nitrogens is 2. The molecular formula is C25H30F2IN5O3. The third kappa shape index (κ3) is 6.94. The van der Waals surface area contributed by atoms with Crippen LogP contribution in [0.3, 0.4) is 0 Å². The highest BCUT2D eigenvalue weighted by atomic mass is 127. The van der Waals surface area contributed by atoms with Crippen molar-refractivity contribution in [2.45, 2.75) is 44.9 Å². The van der Waals surface area contributed by atoms with Crippen LogP contribution in [-0.2, 0) is 9.47 Å². The normalized spacial score (nSPS) is 23.7. The summed E-state index contributed by atoms with van der Waals surface area (Å²) in [6.07, 6.45) is 4.14. The minimum absolute atomic E-state index is 0.0350. The molecular weight excluding hydrogens is 583 g/mol. The standard InChI is InChI=1S/C25H30F2IN5O3/c1-25(2,3)36-24(34)31-12-16-10-19(15-35-22(16)20-11-17(26)4-5-21(20)27)32-6-8-33(9-7-32)23-29-13-18(28)14-30-23/h4-5,11-14,16,19,22H,6-10,15H2,1-3H3/b31-12+/t16?,19-,22+/m1/s1. The Balaban J connectivity index is 1.47. The van der Waals surface area contributed by atoms with Gasteiger partial charge >= 0.3 is 6.09 Å². The van der Waals surface area contributed by atoms with E-state index >= 15 is 0 Å². The summed E-state index contributed by atoms with van der Waals surface area (Å²) in [5.74, 6) is -0.834. The fourth-order valence-electron chi connectivity index (χ4n) is 4.49. The molecule has 1 aromatic heterocycles. The summed E-state index contributed by atoms with van der Waals surface area (Å²) >= 11 is 2.18. The summed E-state index contributed by atoms with van der Waals surface area (Å²) in [6, 6.07) is 3.35. The average molecular weight is 613 g/mol. The fraction of sp³-hybridized carbons (Fsp3) is 0.520. The van der Waals surface area contributed by atoms with E-state index in [1.807, 2.05) is 0 Å². The fourth-order valence-corrected chi connectivity index (χ4v) is 4.77. The summed E-state index contributed by atoms with van der Waals surface area (Å²) in [4.78, 5) is 29.5. The van der Waals surface area contributed by atoms with E-state index in [0.29, 0.717) is 19.0 Å². The molecule has 2 fully saturated rings. The Kier molecular flexibility index (Phi) is 8.51. The van der Waals surface area contributed by atoms with Crippen molar-refractivity contribution in [1.82, 2.24) is 14.9 Å². The first-order valence-corrected chi connectivity index (χ1v) is 13.0. The number of halogens is 3. The highest BCUT2D eigenvalue weighted by Crippen LogP contribution is 2.36. The monoisotopic (exact) mass is 613 g/mol. The van der Waals surface area contributed by atoms with E-state index in [4.69, 9.17) is 9.47 Å². The molecule has 0 bridgehead atoms. The minimum atomic E-state index is -0.760. The number of benzene rings is 1. The zero-order valence-electron chi connectivity index (χ0n) is 20.5. The van der Waals surface area contributed by atoms with E-state index < -0.39 is 35.4 Å². The highest BCUT2D eigenvalue weighted by Gasteiger charge is 2.37. The molecule has 2 aromatic rings. The molecule has 36 heavy (non-hydrogen) atoms. The molecule has 0 spiro atoms. The van der Waals surface area contributed by atoms with Gasteiger partial charge < -0.3 is 14.4 Å². The quantitative estimate of drug-likeness (QED) is 0.368. The van der Waals surface area contributed by atoms with Crippen LogP contribution in [0.1, 0.15) is 38.9 Å². The Morgan fingerprint density at radius 2 is 1.89 bits per heavy atom. The first kappa shape index (κ1) is 26.8. The molecule has 1 amide bonds. The number of aliphatic imine (C=N–C) groups is 1. The molecule has 3 atom stereocenters. The smallest absolute Gasteiger partial charge is 0.433 e. The van der Waals surface area contributed by atoms with Crippen molar-refractivity contribution < 1.29 is 23.0 Å². The Morgan fingerprint density at radius 3 is 2.56 bits per heavy atom. The predicted molar refractivity (Wildman–Crippen MR) is 140 cm³/mol. The van der Waals surface area contributed by atoms with E-state index in [2.05, 4.69) is 47.4 Å². The highest BCUT2D eigenvalue weighted by molar-refractivity contribution is 14.1. The Hall–Kier alpha value is -2.25. The SMILES string of the molecule is CC(C)(C)OC(=O)/N=C/C1C[C@@H](N2CCN(c3ncc(I)cn3)CC2)CO[C@@H]1c1cc(F)ccc1F. The van der Waals surface area contributed by atoms with Gasteiger partial charge in [0.1, 0.15) is 17.2 Å². The third-order valence-electron chi connectivity index (χ3n) is 6.15. The molecule has 3 heterocycles. The molecule has 1 unspecified atom stereocenters. The number of anilines is 1. The van der Waals surface area contributed by atoms with Gasteiger partial charge in [0.25, 0.3) is 0 Å². The second-order valence-corrected chi connectivity index (χ2v) is 11.2. The molecule has 194 valence electrons. The number of amides is 1. The van der Waals surface area contributed by atoms with Crippen LogP contribution in [-0.4, -0.2) is 71.6 Å². The number of hydrogen-bond acceptors (Lipinski definition) is 7. The molecule has 0 radical (unpaired) electrons. The van der Waals surface area contributed by atoms with E-state index in [-0.39, 0.29) is 11.6 Å². The Labute approximate surface area is 223 Å². The number of rotatable bonds is 4. The zero-order chi connectivity index (χ0) is 25.9. The third-order valence-corrected chi connectivity index (χ3v) is 6.71. The Morgan fingerprint density at radius 1 is 1.19 bits per heavy atom. The molecule has 0 aliphatic carbocycles. The first-order valence-electron chi connectivity index (χ1n) is 11.9. The van der Waals surface area contributed by atoms with E-state index in [1.165, 1.54) is 6.21 Å². The first-order chi connectivity index (χ1) is 17.1. The number of hydrogen-bond donors (Lipinski definition) is 0. The lowest BCUT2D eigenvalue weighted by atomic mass is 9.87. The molecule has 2 saturated heterocycles. The maximum atomic E-state index is 14.6. The second-order valence-electron chi connectivity index (χ2n) is 9.96. The summed E-state index contributed by atoms with van der Waals surface area (Å²) in [6.45, 7) is 8.70. The van der Waals surface area contributed by atoms with Gasteiger partial charge in [-0.05, 0) is 68.0 Å². The van der Waals surface area contributed by atoms with Gasteiger partial charge in [0.05, 0.1) is 12.7 Å². The van der Waals surface area contributed by atoms with Crippen LogP contribution in [0.25, 0.3) is 0 Å². The van der Waals surface area contributed by atoms with Crippen molar-refractivity contribution in [3.8, 4) is 0 Å². The molecule has 2 aliphatic heterocycles. The van der Waals surface area contributed by atoms with E-state index in [0.717, 1.165) is 47.9 Å². The van der Waals surface area contributed by atoms with Crippen molar-refractivity contribution in [2.75, 3.05) is 37.7 Å². The van der Waals surface area contributed by atoms with E-state index in [1.54, 1.807) is 33.2 Å². The lowest BCUT2D eigenvalue weighted by molar-refractivity contribution is -0.0576. The Bertz CT molecular complexity index is 1090. The molecule has 2 aliphatic rings. The van der Waals surface area contributed by atoms with Gasteiger partial charge in [-0.3, -0.25) is 4.90 Å². The number of carbonyl (C=O) groups excluding carboxylic acids is 1. The predicted octanol–water partition coefficient (Wildman–Crippen LogP) is 4.63. The van der Waals surface area contributed by atoms with Crippen molar-refractivity contribution in [2.24, 2.45) is 10.9 Å². The second kappa shape index (κ2) is 11.4. The molecule has 1 aromatic carbocycles. The van der Waals surface area contributed by atoms with E-state index in [9.17, 15) is 13.6 Å². The molecule has 8 nitrogen and oxygen atoms in total.